The average molecular weight is 496 g/mol. The first-order valence-electron chi connectivity index (χ1n) is 7.68. The summed E-state index contributed by atoms with van der Waals surface area (Å²) in [5.41, 5.74) is 5.32. The summed E-state index contributed by atoms with van der Waals surface area (Å²) < 4.78 is 0. The molecule has 144 valence electrons. The van der Waals surface area contributed by atoms with Crippen LogP contribution in [-0.2, 0) is 23.3 Å². The number of aliphatic hydroxyl groups is 1. The Kier molecular flexibility index (Phi) is 14.4. The van der Waals surface area contributed by atoms with Gasteiger partial charge in [0.05, 0.1) is 0 Å². The molecule has 5 heteroatoms. The topological polar surface area (TPSA) is 20.2 Å². The van der Waals surface area contributed by atoms with Gasteiger partial charge in [-0.15, -0.1) is 65.4 Å². The maximum atomic E-state index is 9.39. The van der Waals surface area contributed by atoms with Crippen molar-refractivity contribution < 1.29 is 28.4 Å². The van der Waals surface area contributed by atoms with Crippen molar-refractivity contribution in [2.75, 3.05) is 6.61 Å². The Hall–Kier alpha value is -0.570. The molecule has 1 aliphatic carbocycles. The summed E-state index contributed by atoms with van der Waals surface area (Å²) in [4.78, 5) is 0. The molecule has 1 N–H and O–H groups in total. The van der Waals surface area contributed by atoms with Gasteiger partial charge in [0.15, 0.2) is 0 Å². The molecule has 0 spiro atoms. The van der Waals surface area contributed by atoms with Crippen LogP contribution in [0.3, 0.4) is 0 Å². The molecule has 1 nitrogen and oxygen atoms in total. The number of fused-ring (bicyclic) bond motifs is 2. The Morgan fingerprint density at radius 2 is 1.56 bits per heavy atom. The van der Waals surface area contributed by atoms with Crippen molar-refractivity contribution in [1.29, 1.82) is 0 Å². The quantitative estimate of drug-likeness (QED) is 0.358. The third-order valence-corrected chi connectivity index (χ3v) is 4.44. The zero-order chi connectivity index (χ0) is 16.2. The van der Waals surface area contributed by atoms with Gasteiger partial charge in [-0.25, -0.2) is 0 Å². The van der Waals surface area contributed by atoms with E-state index in [1.165, 1.54) is 56.4 Å². The summed E-state index contributed by atoms with van der Waals surface area (Å²) in [5.74, 6) is 0.285. The average Bonchev–Trinajstić information content (AvgIpc) is 3.17. The van der Waals surface area contributed by atoms with E-state index in [-0.39, 0.29) is 52.2 Å². The molecule has 0 heterocycles. The van der Waals surface area contributed by atoms with Crippen LogP contribution in [0.5, 0.6) is 0 Å². The molecule has 0 fully saturated rings. The zero-order valence-corrected chi connectivity index (χ0v) is 20.7. The van der Waals surface area contributed by atoms with Gasteiger partial charge in [0.2, 0.25) is 0 Å². The summed E-state index contributed by atoms with van der Waals surface area (Å²) in [6.07, 6.45) is 2.98. The third kappa shape index (κ3) is 5.71. The Balaban J connectivity index is 0. The molecule has 0 saturated heterocycles. The molecule has 0 aromatic heterocycles. The fourth-order valence-electron chi connectivity index (χ4n) is 3.53. The number of halogens is 2. The molecule has 0 bridgehead atoms. The van der Waals surface area contributed by atoms with Gasteiger partial charge in [-0.3, -0.25) is 0 Å². The normalized spacial score (nSPS) is 13.3. The van der Waals surface area contributed by atoms with Crippen LogP contribution in [-0.4, -0.2) is 18.6 Å². The zero-order valence-electron chi connectivity index (χ0n) is 15.6. The van der Waals surface area contributed by atoms with Crippen molar-refractivity contribution in [1.82, 2.24) is 0 Å². The molecule has 3 aromatic carbocycles. The summed E-state index contributed by atoms with van der Waals surface area (Å²) in [6, 6.07) is 21.5. The summed E-state index contributed by atoms with van der Waals surface area (Å²) in [7, 11) is 0. The number of aliphatic hydroxyl groups excluding tert-OH is 1. The van der Waals surface area contributed by atoms with E-state index >= 15 is 0 Å². The summed E-state index contributed by atoms with van der Waals surface area (Å²) in [6.45, 7) is 3.27. The van der Waals surface area contributed by atoms with Gasteiger partial charge in [-0.05, 0) is 23.5 Å². The maximum absolute atomic E-state index is 9.39. The van der Waals surface area contributed by atoms with Crippen LogP contribution in [0, 0.1) is 14.9 Å². The van der Waals surface area contributed by atoms with Gasteiger partial charge in [0.25, 0.3) is 0 Å². The predicted molar refractivity (Wildman–Crippen MR) is 121 cm³/mol. The standard InChI is InChI=1S/C20H17O.2CH3.2ClH.Si.Zr/c21-12-11-16-13-15-6-2-4-8-18(15)20(16)19-10-9-14-5-1-3-7-17(14)19;;;;;;/h1-10,13,20-21H,11-12H2;2*1H3;2*1H;;/q3*-1;;;;. The summed E-state index contributed by atoms with van der Waals surface area (Å²) in [5, 5.41) is 12.0. The van der Waals surface area contributed by atoms with Crippen LogP contribution in [0.1, 0.15) is 29.0 Å². The van der Waals surface area contributed by atoms with Gasteiger partial charge >= 0.3 is 30.2 Å². The van der Waals surface area contributed by atoms with Crippen molar-refractivity contribution in [2.24, 2.45) is 0 Å². The molecule has 1 unspecified atom stereocenters. The Bertz CT molecular complexity index is 860. The van der Waals surface area contributed by atoms with Crippen LogP contribution < -0.4 is 0 Å². The Morgan fingerprint density at radius 1 is 0.926 bits per heavy atom. The molecule has 3 aromatic rings. The predicted octanol–water partition coefficient (Wildman–Crippen LogP) is 5.83. The number of hydrogen-bond donors (Lipinski definition) is 1. The van der Waals surface area contributed by atoms with E-state index in [0.717, 1.165) is 6.42 Å². The van der Waals surface area contributed by atoms with E-state index in [1.807, 2.05) is 0 Å². The Labute approximate surface area is 192 Å². The van der Waals surface area contributed by atoms with E-state index < -0.39 is 0 Å². The van der Waals surface area contributed by atoms with E-state index in [4.69, 9.17) is 0 Å². The molecule has 4 rings (SSSR count). The van der Waals surface area contributed by atoms with Crippen LogP contribution in [0.25, 0.3) is 16.8 Å². The van der Waals surface area contributed by atoms with Crippen molar-refractivity contribution >= 4 is 48.5 Å². The molecule has 0 amide bonds. The minimum absolute atomic E-state index is 0. The molecular formula is C22H25Cl2OSiZr-3. The van der Waals surface area contributed by atoms with Crippen molar-refractivity contribution in [3.8, 4) is 0 Å². The van der Waals surface area contributed by atoms with Gasteiger partial charge in [0.1, 0.15) is 0 Å². The monoisotopic (exact) mass is 493 g/mol. The van der Waals surface area contributed by atoms with E-state index in [9.17, 15) is 5.11 Å². The van der Waals surface area contributed by atoms with Gasteiger partial charge in [-0.1, -0.05) is 42.0 Å². The second kappa shape index (κ2) is 13.6. The molecule has 2 radical (unpaired) electrons. The van der Waals surface area contributed by atoms with Crippen molar-refractivity contribution in [3.05, 3.63) is 97.8 Å². The molecule has 27 heavy (non-hydrogen) atoms. The second-order valence-corrected chi connectivity index (χ2v) is 5.63. The van der Waals surface area contributed by atoms with E-state index in [1.54, 1.807) is 0 Å². The molecule has 0 saturated carbocycles. The number of hydrogen-bond acceptors (Lipinski definition) is 1. The minimum atomic E-state index is 0. The van der Waals surface area contributed by atoms with E-state index in [2.05, 4.69) is 73.6 Å². The summed E-state index contributed by atoms with van der Waals surface area (Å²) >= 11 is 1.36. The van der Waals surface area contributed by atoms with Gasteiger partial charge < -0.3 is 20.0 Å². The second-order valence-electron chi connectivity index (χ2n) is 5.63. The van der Waals surface area contributed by atoms with Gasteiger partial charge in [-0.2, -0.15) is 6.07 Å². The fourth-order valence-corrected chi connectivity index (χ4v) is 3.53. The fraction of sp³-hybridized carbons (Fsp3) is 0.136. The first-order valence-corrected chi connectivity index (χ1v) is 11.9. The van der Waals surface area contributed by atoms with Crippen LogP contribution in [0.4, 0.5) is 0 Å². The number of benzene rings is 2. The molecular weight excluding hydrogens is 470 g/mol. The third-order valence-electron chi connectivity index (χ3n) is 4.44. The first-order chi connectivity index (χ1) is 11.4. The molecule has 1 atom stereocenters. The number of rotatable bonds is 3. The van der Waals surface area contributed by atoms with Crippen LogP contribution in [0.15, 0.2) is 66.2 Å². The van der Waals surface area contributed by atoms with Crippen molar-refractivity contribution in [2.45, 2.75) is 12.3 Å². The first kappa shape index (κ1) is 28.6. The van der Waals surface area contributed by atoms with Crippen molar-refractivity contribution in [3.63, 3.8) is 0 Å². The van der Waals surface area contributed by atoms with Crippen LogP contribution in [0.2, 0.25) is 0 Å². The molecule has 1 aliphatic rings. The molecule has 0 aliphatic heterocycles. The van der Waals surface area contributed by atoms with Gasteiger partial charge in [0, 0.05) is 6.61 Å². The van der Waals surface area contributed by atoms with Crippen LogP contribution >= 0.6 is 24.8 Å². The SMILES string of the molecule is Cl.Cl.OCCC1=Cc2ccccc2C1[c-]1ccc2ccccc21.[CH3-].[CH3-].[Si]=[Zr]. The Morgan fingerprint density at radius 3 is 2.26 bits per heavy atom. The van der Waals surface area contributed by atoms with E-state index in [0.29, 0.717) is 0 Å².